The van der Waals surface area contributed by atoms with E-state index in [0.717, 1.165) is 40.9 Å². The Kier molecular flexibility index (Phi) is 4.24. The SMILES string of the molecule is Cc1cc2c(NC3CCCC3)cccc2c(N2CCCC2C(=O)O)n1. The Morgan fingerprint density at radius 2 is 2.00 bits per heavy atom. The minimum absolute atomic E-state index is 0.469. The van der Waals surface area contributed by atoms with Gasteiger partial charge in [0.05, 0.1) is 0 Å². The molecule has 1 aromatic heterocycles. The van der Waals surface area contributed by atoms with Crippen molar-refractivity contribution in [2.45, 2.75) is 57.5 Å². The first-order valence-corrected chi connectivity index (χ1v) is 9.30. The molecule has 25 heavy (non-hydrogen) atoms. The summed E-state index contributed by atoms with van der Waals surface area (Å²) in [6, 6.07) is 8.43. The van der Waals surface area contributed by atoms with Crippen molar-refractivity contribution in [3.05, 3.63) is 30.0 Å². The van der Waals surface area contributed by atoms with Crippen molar-refractivity contribution >= 4 is 28.2 Å². The summed E-state index contributed by atoms with van der Waals surface area (Å²) in [6.45, 7) is 2.74. The molecule has 0 bridgehead atoms. The van der Waals surface area contributed by atoms with Gasteiger partial charge in [-0.15, -0.1) is 0 Å². The quantitative estimate of drug-likeness (QED) is 0.883. The smallest absolute Gasteiger partial charge is 0.326 e. The number of nitrogens with one attached hydrogen (secondary N) is 1. The molecule has 2 aliphatic rings. The first-order valence-electron chi connectivity index (χ1n) is 9.30. The van der Waals surface area contributed by atoms with E-state index in [4.69, 9.17) is 4.98 Å². The number of carboxylic acid groups (broad SMARTS) is 1. The van der Waals surface area contributed by atoms with E-state index >= 15 is 0 Å². The van der Waals surface area contributed by atoms with Gasteiger partial charge in [0.15, 0.2) is 0 Å². The molecular formula is C20H25N3O2. The molecule has 1 aliphatic heterocycles. The first kappa shape index (κ1) is 16.2. The van der Waals surface area contributed by atoms with Gasteiger partial charge < -0.3 is 15.3 Å². The van der Waals surface area contributed by atoms with Gasteiger partial charge in [0.25, 0.3) is 0 Å². The molecule has 1 unspecified atom stereocenters. The summed E-state index contributed by atoms with van der Waals surface area (Å²) in [5.41, 5.74) is 2.07. The molecule has 1 saturated heterocycles. The van der Waals surface area contributed by atoms with E-state index in [1.165, 1.54) is 25.7 Å². The number of nitrogens with zero attached hydrogens (tertiary/aromatic N) is 2. The number of pyridine rings is 1. The van der Waals surface area contributed by atoms with Crippen LogP contribution >= 0.6 is 0 Å². The summed E-state index contributed by atoms with van der Waals surface area (Å²) < 4.78 is 0. The summed E-state index contributed by atoms with van der Waals surface area (Å²) in [5.74, 6) is 0.0594. The Labute approximate surface area is 148 Å². The van der Waals surface area contributed by atoms with Crippen LogP contribution < -0.4 is 10.2 Å². The lowest BCUT2D eigenvalue weighted by Crippen LogP contribution is -2.36. The number of hydrogen-bond donors (Lipinski definition) is 2. The minimum Gasteiger partial charge on any atom is -0.480 e. The number of anilines is 2. The maximum Gasteiger partial charge on any atom is 0.326 e. The molecule has 2 fully saturated rings. The molecule has 2 heterocycles. The van der Waals surface area contributed by atoms with E-state index < -0.39 is 12.0 Å². The summed E-state index contributed by atoms with van der Waals surface area (Å²) in [7, 11) is 0. The van der Waals surface area contributed by atoms with Crippen molar-refractivity contribution in [3.8, 4) is 0 Å². The molecule has 5 heteroatoms. The molecule has 4 rings (SSSR count). The number of aromatic nitrogens is 1. The van der Waals surface area contributed by atoms with Crippen molar-refractivity contribution in [2.75, 3.05) is 16.8 Å². The molecule has 132 valence electrons. The largest absolute Gasteiger partial charge is 0.480 e. The molecule has 1 aromatic carbocycles. The van der Waals surface area contributed by atoms with Gasteiger partial charge in [-0.25, -0.2) is 9.78 Å². The zero-order valence-corrected chi connectivity index (χ0v) is 14.7. The number of carbonyl (C=O) groups is 1. The van der Waals surface area contributed by atoms with Gasteiger partial charge in [-0.2, -0.15) is 0 Å². The van der Waals surface area contributed by atoms with E-state index in [1.54, 1.807) is 0 Å². The molecule has 2 N–H and O–H groups in total. The lowest BCUT2D eigenvalue weighted by Gasteiger charge is -2.25. The third kappa shape index (κ3) is 3.03. The van der Waals surface area contributed by atoms with Crippen molar-refractivity contribution in [2.24, 2.45) is 0 Å². The average Bonchev–Trinajstić information content (AvgIpc) is 3.26. The minimum atomic E-state index is -0.755. The Balaban J connectivity index is 1.78. The highest BCUT2D eigenvalue weighted by Gasteiger charge is 2.32. The summed E-state index contributed by atoms with van der Waals surface area (Å²) >= 11 is 0. The highest BCUT2D eigenvalue weighted by molar-refractivity contribution is 6.01. The van der Waals surface area contributed by atoms with Gasteiger partial charge in [0.2, 0.25) is 0 Å². The lowest BCUT2D eigenvalue weighted by atomic mass is 10.1. The van der Waals surface area contributed by atoms with Crippen molar-refractivity contribution in [1.82, 2.24) is 4.98 Å². The van der Waals surface area contributed by atoms with Gasteiger partial charge >= 0.3 is 5.97 Å². The number of benzene rings is 1. The van der Waals surface area contributed by atoms with Crippen molar-refractivity contribution in [1.29, 1.82) is 0 Å². The van der Waals surface area contributed by atoms with Crippen LogP contribution in [0.2, 0.25) is 0 Å². The fourth-order valence-corrected chi connectivity index (χ4v) is 4.30. The Morgan fingerprint density at radius 3 is 2.76 bits per heavy atom. The monoisotopic (exact) mass is 339 g/mol. The van der Waals surface area contributed by atoms with Crippen molar-refractivity contribution in [3.63, 3.8) is 0 Å². The predicted molar refractivity (Wildman–Crippen MR) is 100 cm³/mol. The van der Waals surface area contributed by atoms with Crippen molar-refractivity contribution < 1.29 is 9.90 Å². The number of rotatable bonds is 4. The predicted octanol–water partition coefficient (Wildman–Crippen LogP) is 3.95. The third-order valence-electron chi connectivity index (χ3n) is 5.51. The van der Waals surface area contributed by atoms with Crippen LogP contribution in [0.4, 0.5) is 11.5 Å². The van der Waals surface area contributed by atoms with E-state index in [2.05, 4.69) is 23.5 Å². The number of hydrogen-bond acceptors (Lipinski definition) is 4. The van der Waals surface area contributed by atoms with E-state index in [-0.39, 0.29) is 0 Å². The maximum absolute atomic E-state index is 11.6. The van der Waals surface area contributed by atoms with Crippen LogP contribution in [0.1, 0.15) is 44.2 Å². The number of fused-ring (bicyclic) bond motifs is 1. The van der Waals surface area contributed by atoms with E-state index in [1.807, 2.05) is 17.9 Å². The maximum atomic E-state index is 11.6. The molecule has 1 atom stereocenters. The van der Waals surface area contributed by atoms with Crippen LogP contribution in [0, 0.1) is 6.92 Å². The molecule has 0 radical (unpaired) electrons. The topological polar surface area (TPSA) is 65.5 Å². The van der Waals surface area contributed by atoms with Gasteiger partial charge in [-0.3, -0.25) is 0 Å². The third-order valence-corrected chi connectivity index (χ3v) is 5.51. The van der Waals surface area contributed by atoms with Gasteiger partial charge in [0.1, 0.15) is 11.9 Å². The van der Waals surface area contributed by atoms with Crippen LogP contribution in [-0.4, -0.2) is 34.7 Å². The Morgan fingerprint density at radius 1 is 1.20 bits per heavy atom. The summed E-state index contributed by atoms with van der Waals surface area (Å²) in [6.07, 6.45) is 6.62. The fraction of sp³-hybridized carbons (Fsp3) is 0.500. The highest BCUT2D eigenvalue weighted by Crippen LogP contribution is 2.35. The van der Waals surface area contributed by atoms with Crippen LogP contribution in [-0.2, 0) is 4.79 Å². The standard InChI is InChI=1S/C20H25N3O2/c1-13-12-16-15(8-4-9-17(16)22-14-6-2-3-7-14)19(21-13)23-11-5-10-18(23)20(24)25/h4,8-9,12,14,18,22H,2-3,5-7,10-11H2,1H3,(H,24,25). The second kappa shape index (κ2) is 6.54. The summed E-state index contributed by atoms with van der Waals surface area (Å²) in [4.78, 5) is 18.3. The highest BCUT2D eigenvalue weighted by atomic mass is 16.4. The fourth-order valence-electron chi connectivity index (χ4n) is 4.30. The number of aryl methyl sites for hydroxylation is 1. The Hall–Kier alpha value is -2.30. The molecule has 1 aliphatic carbocycles. The first-order chi connectivity index (χ1) is 12.1. The molecular weight excluding hydrogens is 314 g/mol. The number of carboxylic acids is 1. The van der Waals surface area contributed by atoms with Gasteiger partial charge in [-0.1, -0.05) is 25.0 Å². The molecule has 2 aromatic rings. The van der Waals surface area contributed by atoms with Crippen LogP contribution in [0.5, 0.6) is 0 Å². The number of aliphatic carboxylic acids is 1. The molecule has 0 amide bonds. The molecule has 1 saturated carbocycles. The second-order valence-corrected chi connectivity index (χ2v) is 7.30. The second-order valence-electron chi connectivity index (χ2n) is 7.30. The van der Waals surface area contributed by atoms with E-state index in [9.17, 15) is 9.90 Å². The van der Waals surface area contributed by atoms with Gasteiger partial charge in [-0.05, 0) is 44.7 Å². The van der Waals surface area contributed by atoms with Crippen LogP contribution in [0.25, 0.3) is 10.8 Å². The van der Waals surface area contributed by atoms with Crippen LogP contribution in [0.3, 0.4) is 0 Å². The van der Waals surface area contributed by atoms with Crippen LogP contribution in [0.15, 0.2) is 24.3 Å². The van der Waals surface area contributed by atoms with E-state index in [0.29, 0.717) is 12.5 Å². The average molecular weight is 339 g/mol. The van der Waals surface area contributed by atoms with Gasteiger partial charge in [0, 0.05) is 34.7 Å². The lowest BCUT2D eigenvalue weighted by molar-refractivity contribution is -0.138. The molecule has 5 nitrogen and oxygen atoms in total. The normalized spacial score (nSPS) is 21.2. The zero-order chi connectivity index (χ0) is 17.4. The zero-order valence-electron chi connectivity index (χ0n) is 14.7. The Bertz CT molecular complexity index is 799. The summed E-state index contributed by atoms with van der Waals surface area (Å²) in [5, 5.41) is 15.4. The molecule has 0 spiro atoms.